The number of nitrogens with zero attached hydrogens (tertiary/aromatic N) is 3. The Morgan fingerprint density at radius 2 is 1.88 bits per heavy atom. The summed E-state index contributed by atoms with van der Waals surface area (Å²) in [5, 5.41) is 35.6. The summed E-state index contributed by atoms with van der Waals surface area (Å²) >= 11 is 0. The fourth-order valence-corrected chi connectivity index (χ4v) is 2.19. The van der Waals surface area contributed by atoms with Crippen molar-refractivity contribution in [3.63, 3.8) is 0 Å². The molecule has 0 amide bonds. The van der Waals surface area contributed by atoms with Crippen LogP contribution in [0.15, 0.2) is 52.7 Å². The van der Waals surface area contributed by atoms with Crippen LogP contribution in [0.1, 0.15) is 29.1 Å². The molecule has 0 aromatic heterocycles. The number of hydrogen-bond acceptors (Lipinski definition) is 7. The van der Waals surface area contributed by atoms with Gasteiger partial charge in [-0.1, -0.05) is 6.07 Å². The number of anilines is 1. The van der Waals surface area contributed by atoms with Gasteiger partial charge in [-0.15, -0.1) is 5.11 Å². The summed E-state index contributed by atoms with van der Waals surface area (Å²) in [5.74, 6) is -1.19. The number of aliphatic hydroxyl groups excluding tert-OH is 1. The monoisotopic (exact) mass is 354 g/mol. The lowest BCUT2D eigenvalue weighted by Crippen LogP contribution is -2.15. The molecule has 0 spiro atoms. The number of benzene rings is 2. The lowest BCUT2D eigenvalue weighted by atomic mass is 10.1. The van der Waals surface area contributed by atoms with Gasteiger partial charge in [-0.25, -0.2) is 4.79 Å². The molecule has 0 saturated carbocycles. The second-order valence-electron chi connectivity index (χ2n) is 5.17. The molecule has 0 aliphatic heterocycles. The second-order valence-corrected chi connectivity index (χ2v) is 5.17. The highest BCUT2D eigenvalue weighted by molar-refractivity contribution is 5.93. The highest BCUT2D eigenvalue weighted by atomic mass is 16.5. The van der Waals surface area contributed by atoms with Crippen molar-refractivity contribution in [2.45, 2.75) is 13.2 Å². The van der Waals surface area contributed by atoms with Crippen LogP contribution in [0.4, 0.5) is 17.1 Å². The summed E-state index contributed by atoms with van der Waals surface area (Å²) in [4.78, 5) is 13.0. The summed E-state index contributed by atoms with van der Waals surface area (Å²) < 4.78 is 0. The van der Waals surface area contributed by atoms with Gasteiger partial charge in [-0.05, 0) is 43.3 Å². The van der Waals surface area contributed by atoms with E-state index < -0.39 is 12.3 Å². The third kappa shape index (κ3) is 4.57. The molecule has 0 aliphatic rings. The lowest BCUT2D eigenvalue weighted by Gasteiger charge is -2.14. The largest absolute Gasteiger partial charge is 0.478 e. The Morgan fingerprint density at radius 3 is 2.42 bits per heavy atom. The number of carboxylic acid groups (broad SMARTS) is 1. The summed E-state index contributed by atoms with van der Waals surface area (Å²) in [6.07, 6.45) is -1.73. The van der Waals surface area contributed by atoms with E-state index in [2.05, 4.69) is 22.3 Å². The van der Waals surface area contributed by atoms with Crippen molar-refractivity contribution in [3.8, 4) is 12.1 Å². The molecule has 0 unspecified atom stereocenters. The van der Waals surface area contributed by atoms with Gasteiger partial charge in [-0.3, -0.25) is 0 Å². The zero-order valence-electron chi connectivity index (χ0n) is 14.0. The number of hydrogen-bond donors (Lipinski definition) is 4. The normalized spacial score (nSPS) is 10.6. The van der Waals surface area contributed by atoms with E-state index in [0.29, 0.717) is 12.2 Å². The number of carboxylic acids is 1. The highest BCUT2D eigenvalue weighted by Gasteiger charge is 2.13. The number of azo groups is 1. The maximum atomic E-state index is 11.3. The SMILES string of the molecule is CCN(C#CN)c1ccc(N=Nc2cc(C(O)O)ccc2C(=O)O)cc1. The topological polar surface area (TPSA) is 132 Å². The van der Waals surface area contributed by atoms with Crippen molar-refractivity contribution in [1.29, 1.82) is 0 Å². The maximum absolute atomic E-state index is 11.3. The highest BCUT2D eigenvalue weighted by Crippen LogP contribution is 2.27. The average molecular weight is 354 g/mol. The van der Waals surface area contributed by atoms with Crippen LogP contribution in [-0.4, -0.2) is 27.8 Å². The van der Waals surface area contributed by atoms with E-state index in [1.54, 1.807) is 29.2 Å². The molecule has 134 valence electrons. The van der Waals surface area contributed by atoms with Gasteiger partial charge in [-0.2, -0.15) is 5.11 Å². The minimum absolute atomic E-state index is 0.0244. The Hall–Kier alpha value is -3.41. The van der Waals surface area contributed by atoms with Gasteiger partial charge in [0.2, 0.25) is 0 Å². The number of rotatable bonds is 6. The third-order valence-corrected chi connectivity index (χ3v) is 3.50. The number of aliphatic hydroxyl groups is 2. The van der Waals surface area contributed by atoms with Crippen LogP contribution in [0.2, 0.25) is 0 Å². The fraction of sp³-hybridized carbons (Fsp3) is 0.167. The predicted molar refractivity (Wildman–Crippen MR) is 96.2 cm³/mol. The van der Waals surface area contributed by atoms with Gasteiger partial charge in [0, 0.05) is 29.9 Å². The molecule has 2 aromatic carbocycles. The van der Waals surface area contributed by atoms with Gasteiger partial charge in [0.1, 0.15) is 5.69 Å². The molecule has 2 aromatic rings. The van der Waals surface area contributed by atoms with E-state index in [0.717, 1.165) is 5.69 Å². The van der Waals surface area contributed by atoms with Crippen LogP contribution < -0.4 is 10.6 Å². The number of carbonyl (C=O) groups is 1. The molecule has 5 N–H and O–H groups in total. The van der Waals surface area contributed by atoms with Gasteiger partial charge in [0.25, 0.3) is 0 Å². The Labute approximate surface area is 150 Å². The fourth-order valence-electron chi connectivity index (χ4n) is 2.19. The lowest BCUT2D eigenvalue weighted by molar-refractivity contribution is -0.0424. The molecule has 8 nitrogen and oxygen atoms in total. The molecule has 8 heteroatoms. The first kappa shape index (κ1) is 18.9. The van der Waals surface area contributed by atoms with Crippen molar-refractivity contribution in [2.75, 3.05) is 11.4 Å². The van der Waals surface area contributed by atoms with Crippen molar-refractivity contribution >= 4 is 23.0 Å². The van der Waals surface area contributed by atoms with Crippen LogP contribution in [0, 0.1) is 12.1 Å². The Kier molecular flexibility index (Phi) is 6.27. The van der Waals surface area contributed by atoms with Gasteiger partial charge in [0.15, 0.2) is 6.29 Å². The molecule has 26 heavy (non-hydrogen) atoms. The van der Waals surface area contributed by atoms with E-state index in [1.165, 1.54) is 18.2 Å². The summed E-state index contributed by atoms with van der Waals surface area (Å²) in [5.41, 5.74) is 6.62. The smallest absolute Gasteiger partial charge is 0.337 e. The quantitative estimate of drug-likeness (QED) is 0.273. The molecule has 0 fully saturated rings. The zero-order valence-corrected chi connectivity index (χ0v) is 14.0. The minimum Gasteiger partial charge on any atom is -0.478 e. The second kappa shape index (κ2) is 8.62. The van der Waals surface area contributed by atoms with Crippen LogP contribution in [-0.2, 0) is 0 Å². The molecular weight excluding hydrogens is 336 g/mol. The van der Waals surface area contributed by atoms with Gasteiger partial charge < -0.3 is 26.0 Å². The van der Waals surface area contributed by atoms with Crippen molar-refractivity contribution in [3.05, 3.63) is 53.6 Å². The molecule has 0 atom stereocenters. The summed E-state index contributed by atoms with van der Waals surface area (Å²) in [6.45, 7) is 2.59. The number of aromatic carboxylic acids is 1. The summed E-state index contributed by atoms with van der Waals surface area (Å²) in [6, 6.07) is 15.9. The molecule has 0 bridgehead atoms. The van der Waals surface area contributed by atoms with Crippen LogP contribution in [0.3, 0.4) is 0 Å². The van der Waals surface area contributed by atoms with Crippen molar-refractivity contribution in [1.82, 2.24) is 0 Å². The Bertz CT molecular complexity index is 867. The Balaban J connectivity index is 2.30. The zero-order chi connectivity index (χ0) is 19.1. The minimum atomic E-state index is -1.73. The first-order valence-electron chi connectivity index (χ1n) is 7.70. The predicted octanol–water partition coefficient (Wildman–Crippen LogP) is 2.49. The van der Waals surface area contributed by atoms with Crippen LogP contribution in [0.5, 0.6) is 0 Å². The van der Waals surface area contributed by atoms with Gasteiger partial charge >= 0.3 is 5.97 Å². The van der Waals surface area contributed by atoms with Crippen molar-refractivity contribution < 1.29 is 20.1 Å². The van der Waals surface area contributed by atoms with Crippen LogP contribution >= 0.6 is 0 Å². The first-order chi connectivity index (χ1) is 12.5. The van der Waals surface area contributed by atoms with E-state index in [4.69, 9.17) is 5.73 Å². The summed E-state index contributed by atoms with van der Waals surface area (Å²) in [7, 11) is 0. The van der Waals surface area contributed by atoms with E-state index in [1.807, 2.05) is 6.92 Å². The Morgan fingerprint density at radius 1 is 1.19 bits per heavy atom. The van der Waals surface area contributed by atoms with E-state index >= 15 is 0 Å². The van der Waals surface area contributed by atoms with Gasteiger partial charge in [0.05, 0.1) is 11.3 Å². The first-order valence-corrected chi connectivity index (χ1v) is 7.70. The maximum Gasteiger partial charge on any atom is 0.337 e. The number of nitrogens with two attached hydrogens (primary N) is 1. The molecule has 0 aliphatic carbocycles. The standard InChI is InChI=1S/C18H18N4O4/c1-2-22(10-9-19)14-6-4-13(5-7-14)20-21-16-11-12(17(23)24)3-8-15(16)18(25)26/h3-8,11,17,23-24H,2,19H2,1H3,(H,25,26). The molecule has 0 heterocycles. The van der Waals surface area contributed by atoms with E-state index in [-0.39, 0.29) is 16.8 Å². The third-order valence-electron chi connectivity index (χ3n) is 3.50. The molecule has 0 saturated heterocycles. The van der Waals surface area contributed by atoms with E-state index in [9.17, 15) is 20.1 Å². The van der Waals surface area contributed by atoms with Crippen LogP contribution in [0.25, 0.3) is 0 Å². The average Bonchev–Trinajstić information content (AvgIpc) is 2.64. The van der Waals surface area contributed by atoms with Crippen molar-refractivity contribution in [2.24, 2.45) is 16.0 Å². The molecule has 0 radical (unpaired) electrons. The molecule has 2 rings (SSSR count). The molecular formula is C18H18N4O4.